The van der Waals surface area contributed by atoms with Crippen LogP contribution in [0, 0.1) is 5.92 Å². The molecule has 0 aliphatic rings. The van der Waals surface area contributed by atoms with E-state index >= 15 is 0 Å². The van der Waals surface area contributed by atoms with Gasteiger partial charge in [-0.25, -0.2) is 0 Å². The van der Waals surface area contributed by atoms with Crippen LogP contribution in [-0.4, -0.2) is 18.8 Å². The van der Waals surface area contributed by atoms with Crippen molar-refractivity contribution in [2.24, 2.45) is 11.8 Å². The standard InChI is InChI=1S/C12H28N2O/c1-6-10(4)9-11(14-13)12(7-2,8-3)15-5/h10-11,14H,6-9,13H2,1-5H3. The Labute approximate surface area is 94.7 Å². The zero-order valence-corrected chi connectivity index (χ0v) is 11.0. The molecule has 3 N–H and O–H groups in total. The summed E-state index contributed by atoms with van der Waals surface area (Å²) in [5.74, 6) is 6.34. The highest BCUT2D eigenvalue weighted by atomic mass is 16.5. The number of hydrazine groups is 1. The molecule has 0 rings (SSSR count). The van der Waals surface area contributed by atoms with Crippen LogP contribution in [0.3, 0.4) is 0 Å². The first-order chi connectivity index (χ1) is 7.10. The average molecular weight is 216 g/mol. The summed E-state index contributed by atoms with van der Waals surface area (Å²) < 4.78 is 5.69. The van der Waals surface area contributed by atoms with Gasteiger partial charge in [-0.15, -0.1) is 0 Å². The van der Waals surface area contributed by atoms with Gasteiger partial charge >= 0.3 is 0 Å². The Balaban J connectivity index is 4.58. The maximum absolute atomic E-state index is 5.69. The summed E-state index contributed by atoms with van der Waals surface area (Å²) in [7, 11) is 1.79. The van der Waals surface area contributed by atoms with E-state index in [-0.39, 0.29) is 11.6 Å². The fraction of sp³-hybridized carbons (Fsp3) is 1.00. The third kappa shape index (κ3) is 3.74. The molecule has 0 bridgehead atoms. The van der Waals surface area contributed by atoms with Gasteiger partial charge in [0.2, 0.25) is 0 Å². The molecule has 0 amide bonds. The zero-order chi connectivity index (χ0) is 11.9. The smallest absolute Gasteiger partial charge is 0.0839 e. The summed E-state index contributed by atoms with van der Waals surface area (Å²) in [5.41, 5.74) is 2.82. The van der Waals surface area contributed by atoms with Crippen molar-refractivity contribution in [1.29, 1.82) is 0 Å². The second-order valence-corrected chi connectivity index (χ2v) is 4.44. The normalized spacial score (nSPS) is 16.4. The van der Waals surface area contributed by atoms with Crippen LogP contribution in [0.4, 0.5) is 0 Å². The van der Waals surface area contributed by atoms with Crippen molar-refractivity contribution >= 4 is 0 Å². The van der Waals surface area contributed by atoms with Gasteiger partial charge in [-0.3, -0.25) is 11.3 Å². The molecule has 2 unspecified atom stereocenters. The van der Waals surface area contributed by atoms with E-state index in [4.69, 9.17) is 10.6 Å². The van der Waals surface area contributed by atoms with E-state index in [1.54, 1.807) is 7.11 Å². The summed E-state index contributed by atoms with van der Waals surface area (Å²) >= 11 is 0. The summed E-state index contributed by atoms with van der Waals surface area (Å²) in [6, 6.07) is 0.243. The molecular formula is C12H28N2O. The molecule has 15 heavy (non-hydrogen) atoms. The van der Waals surface area contributed by atoms with Gasteiger partial charge in [-0.05, 0) is 25.2 Å². The molecule has 0 aromatic rings. The number of ether oxygens (including phenoxy) is 1. The lowest BCUT2D eigenvalue weighted by Crippen LogP contribution is -2.54. The van der Waals surface area contributed by atoms with Crippen LogP contribution in [-0.2, 0) is 4.74 Å². The monoisotopic (exact) mass is 216 g/mol. The fourth-order valence-corrected chi connectivity index (χ4v) is 2.18. The van der Waals surface area contributed by atoms with Crippen LogP contribution < -0.4 is 11.3 Å². The molecule has 0 fully saturated rings. The van der Waals surface area contributed by atoms with Crippen molar-refractivity contribution in [2.75, 3.05) is 7.11 Å². The van der Waals surface area contributed by atoms with E-state index in [1.807, 2.05) is 0 Å². The average Bonchev–Trinajstić information content (AvgIpc) is 2.29. The SMILES string of the molecule is CCC(C)CC(NN)C(CC)(CC)OC. The first kappa shape index (κ1) is 14.9. The molecule has 0 saturated carbocycles. The molecule has 0 radical (unpaired) electrons. The highest BCUT2D eigenvalue weighted by molar-refractivity contribution is 4.90. The van der Waals surface area contributed by atoms with Gasteiger partial charge in [-0.2, -0.15) is 0 Å². The van der Waals surface area contributed by atoms with E-state index < -0.39 is 0 Å². The van der Waals surface area contributed by atoms with Gasteiger partial charge in [0, 0.05) is 7.11 Å². The quantitative estimate of drug-likeness (QED) is 0.484. The van der Waals surface area contributed by atoms with Gasteiger partial charge in [0.25, 0.3) is 0 Å². The minimum Gasteiger partial charge on any atom is -0.377 e. The van der Waals surface area contributed by atoms with Crippen LogP contribution in [0.5, 0.6) is 0 Å². The Morgan fingerprint density at radius 3 is 2.07 bits per heavy atom. The van der Waals surface area contributed by atoms with Crippen LogP contribution >= 0.6 is 0 Å². The zero-order valence-electron chi connectivity index (χ0n) is 11.0. The van der Waals surface area contributed by atoms with E-state index in [1.165, 1.54) is 6.42 Å². The first-order valence-electron chi connectivity index (χ1n) is 6.11. The number of rotatable bonds is 8. The van der Waals surface area contributed by atoms with Crippen molar-refractivity contribution in [3.63, 3.8) is 0 Å². The molecule has 0 aromatic heterocycles. The summed E-state index contributed by atoms with van der Waals surface area (Å²) in [6.07, 6.45) is 4.24. The fourth-order valence-electron chi connectivity index (χ4n) is 2.18. The lowest BCUT2D eigenvalue weighted by molar-refractivity contribution is -0.0527. The molecule has 0 aromatic carbocycles. The van der Waals surface area contributed by atoms with Crippen molar-refractivity contribution in [1.82, 2.24) is 5.43 Å². The molecule has 0 spiro atoms. The summed E-state index contributed by atoms with van der Waals surface area (Å²) in [4.78, 5) is 0. The molecule has 92 valence electrons. The van der Waals surface area contributed by atoms with Crippen molar-refractivity contribution < 1.29 is 4.74 Å². The van der Waals surface area contributed by atoms with Gasteiger partial charge in [0.1, 0.15) is 0 Å². The van der Waals surface area contributed by atoms with Gasteiger partial charge in [0.15, 0.2) is 0 Å². The van der Waals surface area contributed by atoms with Gasteiger partial charge in [0.05, 0.1) is 11.6 Å². The molecule has 3 heteroatoms. The van der Waals surface area contributed by atoms with Crippen molar-refractivity contribution in [2.45, 2.75) is 65.0 Å². The second kappa shape index (κ2) is 7.20. The minimum atomic E-state index is -0.113. The topological polar surface area (TPSA) is 47.3 Å². The van der Waals surface area contributed by atoms with E-state index in [9.17, 15) is 0 Å². The van der Waals surface area contributed by atoms with Crippen LogP contribution in [0.15, 0.2) is 0 Å². The largest absolute Gasteiger partial charge is 0.377 e. The summed E-state index contributed by atoms with van der Waals surface area (Å²) in [5, 5.41) is 0. The number of nitrogens with two attached hydrogens (primary N) is 1. The predicted molar refractivity (Wildman–Crippen MR) is 65.5 cm³/mol. The highest BCUT2D eigenvalue weighted by Gasteiger charge is 2.35. The molecule has 3 nitrogen and oxygen atoms in total. The second-order valence-electron chi connectivity index (χ2n) is 4.44. The van der Waals surface area contributed by atoms with Crippen LogP contribution in [0.25, 0.3) is 0 Å². The van der Waals surface area contributed by atoms with Gasteiger partial charge < -0.3 is 4.74 Å². The van der Waals surface area contributed by atoms with E-state index in [0.717, 1.165) is 19.3 Å². The predicted octanol–water partition coefficient (Wildman–Crippen LogP) is 2.46. The lowest BCUT2D eigenvalue weighted by atomic mass is 9.83. The van der Waals surface area contributed by atoms with Crippen molar-refractivity contribution in [3.05, 3.63) is 0 Å². The van der Waals surface area contributed by atoms with Crippen LogP contribution in [0.1, 0.15) is 53.4 Å². The van der Waals surface area contributed by atoms with Crippen LogP contribution in [0.2, 0.25) is 0 Å². The Kier molecular flexibility index (Phi) is 7.14. The first-order valence-corrected chi connectivity index (χ1v) is 6.11. The summed E-state index contributed by atoms with van der Waals surface area (Å²) in [6.45, 7) is 8.79. The molecule has 0 aliphatic heterocycles. The third-order valence-electron chi connectivity index (χ3n) is 3.77. The number of hydrogen-bond donors (Lipinski definition) is 2. The number of methoxy groups -OCH3 is 1. The maximum Gasteiger partial charge on any atom is 0.0839 e. The Morgan fingerprint density at radius 1 is 1.27 bits per heavy atom. The minimum absolute atomic E-state index is 0.113. The Morgan fingerprint density at radius 2 is 1.80 bits per heavy atom. The van der Waals surface area contributed by atoms with Gasteiger partial charge in [-0.1, -0.05) is 34.1 Å². The van der Waals surface area contributed by atoms with E-state index in [2.05, 4.69) is 33.1 Å². The van der Waals surface area contributed by atoms with E-state index in [0.29, 0.717) is 5.92 Å². The molecule has 0 saturated heterocycles. The maximum atomic E-state index is 5.69. The molecule has 2 atom stereocenters. The molecular weight excluding hydrogens is 188 g/mol. The van der Waals surface area contributed by atoms with Crippen molar-refractivity contribution in [3.8, 4) is 0 Å². The Hall–Kier alpha value is -0.120. The number of nitrogens with one attached hydrogen (secondary N) is 1. The highest BCUT2D eigenvalue weighted by Crippen LogP contribution is 2.28. The Bertz CT molecular complexity index is 149. The number of hydrogen-bond acceptors (Lipinski definition) is 3. The molecule has 0 heterocycles. The molecule has 0 aliphatic carbocycles. The third-order valence-corrected chi connectivity index (χ3v) is 3.77. The lowest BCUT2D eigenvalue weighted by Gasteiger charge is -2.39.